The molecule has 1 heterocycles. The van der Waals surface area contributed by atoms with E-state index in [2.05, 4.69) is 21.3 Å². The van der Waals surface area contributed by atoms with Crippen LogP contribution in [-0.2, 0) is 36.8 Å². The molecule has 0 saturated carbocycles. The standard InChI is InChI=1S/C30H40N4O5/c1-20(2)26(29(37)33-25(30(38)39-3)19-22-14-8-5-9-15-22)34-28(36)24(18-21-12-6-4-7-13-21)32-27(35)23-16-10-11-17-31-23/h4-9,12-15,20,23-26,31H,10-11,16-19H2,1-3H3,(H,32,35)(H,33,37)(H,34,36)/t23-,24-,25-,26-/m0/s1. The fraction of sp³-hybridized carbons (Fsp3) is 0.467. The molecular weight excluding hydrogens is 496 g/mol. The highest BCUT2D eigenvalue weighted by Crippen LogP contribution is 2.11. The van der Waals surface area contributed by atoms with E-state index in [1.165, 1.54) is 7.11 Å². The normalized spacial score (nSPS) is 17.4. The van der Waals surface area contributed by atoms with Crippen molar-refractivity contribution in [1.29, 1.82) is 0 Å². The van der Waals surface area contributed by atoms with Gasteiger partial charge in [-0.15, -0.1) is 0 Å². The van der Waals surface area contributed by atoms with E-state index in [9.17, 15) is 19.2 Å². The zero-order valence-corrected chi connectivity index (χ0v) is 22.9. The second kappa shape index (κ2) is 15.0. The molecule has 4 atom stereocenters. The monoisotopic (exact) mass is 536 g/mol. The van der Waals surface area contributed by atoms with Gasteiger partial charge in [-0.05, 0) is 36.4 Å². The third kappa shape index (κ3) is 9.21. The number of hydrogen-bond acceptors (Lipinski definition) is 6. The van der Waals surface area contributed by atoms with Crippen molar-refractivity contribution in [2.24, 2.45) is 5.92 Å². The van der Waals surface area contributed by atoms with Gasteiger partial charge < -0.3 is 26.0 Å². The van der Waals surface area contributed by atoms with Crippen LogP contribution < -0.4 is 21.3 Å². The molecule has 0 aromatic heterocycles. The largest absolute Gasteiger partial charge is 0.467 e. The average molecular weight is 537 g/mol. The van der Waals surface area contributed by atoms with Crippen LogP contribution >= 0.6 is 0 Å². The van der Waals surface area contributed by atoms with Gasteiger partial charge in [-0.25, -0.2) is 4.79 Å². The zero-order valence-electron chi connectivity index (χ0n) is 22.9. The van der Waals surface area contributed by atoms with Gasteiger partial charge in [0.1, 0.15) is 18.1 Å². The van der Waals surface area contributed by atoms with Crippen LogP contribution in [0.5, 0.6) is 0 Å². The Morgan fingerprint density at radius 2 is 1.41 bits per heavy atom. The Kier molecular flexibility index (Phi) is 11.5. The predicted molar refractivity (Wildman–Crippen MR) is 149 cm³/mol. The summed E-state index contributed by atoms with van der Waals surface area (Å²) >= 11 is 0. The maximum Gasteiger partial charge on any atom is 0.328 e. The first kappa shape index (κ1) is 29.8. The van der Waals surface area contributed by atoms with Crippen molar-refractivity contribution in [3.8, 4) is 0 Å². The van der Waals surface area contributed by atoms with Crippen molar-refractivity contribution in [3.05, 3.63) is 71.8 Å². The zero-order chi connectivity index (χ0) is 28.2. The lowest BCUT2D eigenvalue weighted by Gasteiger charge is -2.28. The molecule has 4 N–H and O–H groups in total. The van der Waals surface area contributed by atoms with Gasteiger partial charge in [-0.1, -0.05) is 80.9 Å². The number of amides is 3. The first-order valence-corrected chi connectivity index (χ1v) is 13.6. The number of nitrogens with one attached hydrogen (secondary N) is 4. The number of carbonyl (C=O) groups excluding carboxylic acids is 4. The van der Waals surface area contributed by atoms with E-state index in [0.29, 0.717) is 6.42 Å². The highest BCUT2D eigenvalue weighted by molar-refractivity contribution is 5.94. The topological polar surface area (TPSA) is 126 Å². The first-order chi connectivity index (χ1) is 18.8. The lowest BCUT2D eigenvalue weighted by molar-refractivity contribution is -0.145. The third-order valence-electron chi connectivity index (χ3n) is 6.87. The molecule has 0 aliphatic carbocycles. The number of carbonyl (C=O) groups is 4. The molecule has 9 heteroatoms. The molecule has 0 radical (unpaired) electrons. The molecule has 0 bridgehead atoms. The van der Waals surface area contributed by atoms with Crippen molar-refractivity contribution in [2.45, 2.75) is 70.1 Å². The van der Waals surface area contributed by atoms with Gasteiger partial charge in [0, 0.05) is 12.8 Å². The molecule has 1 aliphatic rings. The molecular formula is C30H40N4O5. The van der Waals surface area contributed by atoms with E-state index in [0.717, 1.165) is 30.5 Å². The van der Waals surface area contributed by atoms with E-state index in [4.69, 9.17) is 4.74 Å². The van der Waals surface area contributed by atoms with Crippen molar-refractivity contribution < 1.29 is 23.9 Å². The minimum Gasteiger partial charge on any atom is -0.467 e. The van der Waals surface area contributed by atoms with Gasteiger partial charge in [0.2, 0.25) is 17.7 Å². The van der Waals surface area contributed by atoms with Gasteiger partial charge in [0.25, 0.3) is 0 Å². The van der Waals surface area contributed by atoms with Crippen LogP contribution in [0.2, 0.25) is 0 Å². The van der Waals surface area contributed by atoms with Crippen LogP contribution in [0.1, 0.15) is 44.2 Å². The SMILES string of the molecule is COC(=O)[C@H](Cc1ccccc1)NC(=O)[C@@H](NC(=O)[C@H](Cc1ccccc1)NC(=O)[C@@H]1CCCCN1)C(C)C. The first-order valence-electron chi connectivity index (χ1n) is 13.6. The summed E-state index contributed by atoms with van der Waals surface area (Å²) in [6.45, 7) is 4.38. The Bertz CT molecular complexity index is 1090. The van der Waals surface area contributed by atoms with Crippen molar-refractivity contribution in [2.75, 3.05) is 13.7 Å². The van der Waals surface area contributed by atoms with Crippen LogP contribution in [0, 0.1) is 5.92 Å². The Morgan fingerprint density at radius 3 is 1.92 bits per heavy atom. The van der Waals surface area contributed by atoms with Crippen molar-refractivity contribution >= 4 is 23.7 Å². The van der Waals surface area contributed by atoms with Gasteiger partial charge in [-0.2, -0.15) is 0 Å². The fourth-order valence-corrected chi connectivity index (χ4v) is 4.64. The summed E-state index contributed by atoms with van der Waals surface area (Å²) in [6, 6.07) is 15.6. The summed E-state index contributed by atoms with van der Waals surface area (Å²) in [7, 11) is 1.27. The van der Waals surface area contributed by atoms with E-state index in [-0.39, 0.29) is 30.7 Å². The number of hydrogen-bond donors (Lipinski definition) is 4. The number of rotatable bonds is 12. The molecule has 1 aliphatic heterocycles. The molecule has 1 fully saturated rings. The third-order valence-corrected chi connectivity index (χ3v) is 6.87. The number of benzene rings is 2. The van der Waals surface area contributed by atoms with Crippen LogP contribution in [0.25, 0.3) is 0 Å². The lowest BCUT2D eigenvalue weighted by Crippen LogP contribution is -2.59. The molecule has 3 amide bonds. The van der Waals surface area contributed by atoms with E-state index in [1.807, 2.05) is 74.5 Å². The van der Waals surface area contributed by atoms with Gasteiger partial charge in [0.15, 0.2) is 0 Å². The Labute approximate surface area is 230 Å². The number of ether oxygens (including phenoxy) is 1. The summed E-state index contributed by atoms with van der Waals surface area (Å²) in [5.74, 6) is -2.05. The Balaban J connectivity index is 1.74. The van der Waals surface area contributed by atoms with Crippen molar-refractivity contribution in [1.82, 2.24) is 21.3 Å². The van der Waals surface area contributed by atoms with Crippen molar-refractivity contribution in [3.63, 3.8) is 0 Å². The number of esters is 1. The Hall–Kier alpha value is -3.72. The summed E-state index contributed by atoms with van der Waals surface area (Å²) in [4.78, 5) is 52.4. The minimum atomic E-state index is -0.927. The maximum absolute atomic E-state index is 13.5. The van der Waals surface area contributed by atoms with Gasteiger partial charge in [-0.3, -0.25) is 14.4 Å². The highest BCUT2D eigenvalue weighted by Gasteiger charge is 2.33. The molecule has 0 spiro atoms. The second-order valence-corrected chi connectivity index (χ2v) is 10.3. The molecule has 210 valence electrons. The van der Waals surface area contributed by atoms with Crippen LogP contribution in [-0.4, -0.2) is 61.5 Å². The summed E-state index contributed by atoms with van der Waals surface area (Å²) in [6.07, 6.45) is 3.19. The summed E-state index contributed by atoms with van der Waals surface area (Å²) in [5.41, 5.74) is 1.74. The Morgan fingerprint density at radius 1 is 0.821 bits per heavy atom. The number of piperidine rings is 1. The summed E-state index contributed by atoms with van der Waals surface area (Å²) in [5, 5.41) is 11.7. The fourth-order valence-electron chi connectivity index (χ4n) is 4.64. The van der Waals surface area contributed by atoms with E-state index < -0.39 is 35.9 Å². The molecule has 39 heavy (non-hydrogen) atoms. The quantitative estimate of drug-likeness (QED) is 0.307. The lowest BCUT2D eigenvalue weighted by atomic mass is 9.99. The predicted octanol–water partition coefficient (Wildman–Crippen LogP) is 1.90. The average Bonchev–Trinajstić information content (AvgIpc) is 2.95. The highest BCUT2D eigenvalue weighted by atomic mass is 16.5. The minimum absolute atomic E-state index is 0.232. The van der Waals surface area contributed by atoms with E-state index >= 15 is 0 Å². The molecule has 0 unspecified atom stereocenters. The maximum atomic E-state index is 13.5. The second-order valence-electron chi connectivity index (χ2n) is 10.3. The number of methoxy groups -OCH3 is 1. The molecule has 3 rings (SSSR count). The van der Waals surface area contributed by atoms with Crippen LogP contribution in [0.3, 0.4) is 0 Å². The summed E-state index contributed by atoms with van der Waals surface area (Å²) < 4.78 is 4.92. The van der Waals surface area contributed by atoms with Crippen LogP contribution in [0.4, 0.5) is 0 Å². The van der Waals surface area contributed by atoms with Gasteiger partial charge >= 0.3 is 5.97 Å². The van der Waals surface area contributed by atoms with Crippen LogP contribution in [0.15, 0.2) is 60.7 Å². The molecule has 2 aromatic rings. The molecule has 9 nitrogen and oxygen atoms in total. The smallest absolute Gasteiger partial charge is 0.328 e. The molecule has 2 aromatic carbocycles. The van der Waals surface area contributed by atoms with E-state index in [1.54, 1.807) is 0 Å². The van der Waals surface area contributed by atoms with Gasteiger partial charge in [0.05, 0.1) is 13.2 Å². The molecule has 1 saturated heterocycles.